The van der Waals surface area contributed by atoms with E-state index in [0.717, 1.165) is 25.5 Å². The van der Waals surface area contributed by atoms with Gasteiger partial charge in [0.1, 0.15) is 73.1 Å². The van der Waals surface area contributed by atoms with E-state index in [1.54, 1.807) is 0 Å². The van der Waals surface area contributed by atoms with E-state index in [1.165, 1.54) is 6.92 Å². The van der Waals surface area contributed by atoms with Gasteiger partial charge in [-0.3, -0.25) is 19.2 Å². The standard InChI is InChI=1S/C40H68N6O19S/c1-18(49)43-28-33(56)30(53)21(14-47)62-37(28)61-16-23-32(55)36(65-39-35(58)34(57)31(54)22(15-48)63-39)29(44-19(2)50)38(64-23)60-13-7-3-4-9-25(51)41-11-12-42-26(52)10-6-5-8-24-27-20(17-66-24)45-40(59)46-27/h20-24,27-39,47-48,53-58H,3-17H2,1-2H3,(H,41,51)(H,42,52)(H,43,49)(H,44,50)(H2,45,46,59)/t20-,21+,22+,23+,24-,27-,28+,29+,30+,31-,32-,33+,34-,35+,36+,37+,38-,39-/m0/s1. The molecule has 0 bridgehead atoms. The molecule has 66 heavy (non-hydrogen) atoms. The number of thioether (sulfide) groups is 1. The zero-order valence-electron chi connectivity index (χ0n) is 37.0. The molecule has 0 unspecified atom stereocenters. The van der Waals surface area contributed by atoms with Crippen LogP contribution in [-0.4, -0.2) is 225 Å². The van der Waals surface area contributed by atoms with Crippen LogP contribution in [-0.2, 0) is 47.6 Å². The van der Waals surface area contributed by atoms with E-state index in [1.807, 2.05) is 11.8 Å². The van der Waals surface area contributed by atoms with Crippen LogP contribution in [0.5, 0.6) is 0 Å². The summed E-state index contributed by atoms with van der Waals surface area (Å²) < 4.78 is 35.1. The molecule has 5 fully saturated rings. The first-order valence-electron chi connectivity index (χ1n) is 22.4. The molecular formula is C40H68N6O19S. The van der Waals surface area contributed by atoms with Crippen molar-refractivity contribution in [1.29, 1.82) is 0 Å². The van der Waals surface area contributed by atoms with Gasteiger partial charge in [-0.25, -0.2) is 4.79 Å². The van der Waals surface area contributed by atoms with E-state index >= 15 is 0 Å². The first kappa shape index (κ1) is 53.9. The molecule has 0 aliphatic carbocycles. The maximum atomic E-state index is 12.5. The number of nitrogens with one attached hydrogen (secondary N) is 6. The summed E-state index contributed by atoms with van der Waals surface area (Å²) in [6.07, 6.45) is -16.4. The molecule has 18 atom stereocenters. The highest BCUT2D eigenvalue weighted by Crippen LogP contribution is 2.34. The molecule has 0 aromatic rings. The third kappa shape index (κ3) is 14.7. The van der Waals surface area contributed by atoms with Crippen molar-refractivity contribution in [2.24, 2.45) is 0 Å². The van der Waals surface area contributed by atoms with Gasteiger partial charge in [0.05, 0.1) is 31.9 Å². The van der Waals surface area contributed by atoms with Crippen molar-refractivity contribution in [3.63, 3.8) is 0 Å². The van der Waals surface area contributed by atoms with E-state index in [-0.39, 0.29) is 56.0 Å². The SMILES string of the molecule is CC(=O)N[C@H]1[C@H](OC[C@H]2O[C@H](OCCCCCC(=O)NCCNC(=O)CCCC[C@@H]3SC[C@@H]4NC(=O)N[C@@H]43)[C@H](NC(C)=O)[C@@H](O[C@@H]3O[C@H](CO)[C@H](O)[C@H](O)[C@H]3O)[C@H]2O)O[C@H](CO)[C@@H](O)[C@@H]1O. The molecule has 5 rings (SSSR count). The van der Waals surface area contributed by atoms with Gasteiger partial charge in [0.25, 0.3) is 0 Å². The van der Waals surface area contributed by atoms with E-state index in [4.69, 9.17) is 28.4 Å². The van der Waals surface area contributed by atoms with Crippen LogP contribution in [0.2, 0.25) is 0 Å². The summed E-state index contributed by atoms with van der Waals surface area (Å²) in [6.45, 7) is 0.755. The molecule has 6 amide bonds. The van der Waals surface area contributed by atoms with Gasteiger partial charge in [-0.05, 0) is 25.7 Å². The number of ether oxygens (including phenoxy) is 6. The van der Waals surface area contributed by atoms with Gasteiger partial charge in [-0.2, -0.15) is 11.8 Å². The molecule has 14 N–H and O–H groups in total. The molecule has 0 radical (unpaired) electrons. The Bertz CT molecular complexity index is 1590. The van der Waals surface area contributed by atoms with Crippen LogP contribution >= 0.6 is 11.8 Å². The highest BCUT2D eigenvalue weighted by atomic mass is 32.2. The van der Waals surface area contributed by atoms with Gasteiger partial charge in [0.2, 0.25) is 23.6 Å². The predicted octanol–water partition coefficient (Wildman–Crippen LogP) is -5.74. The first-order valence-corrected chi connectivity index (χ1v) is 23.5. The number of aliphatic hydroxyl groups is 8. The third-order valence-corrected chi connectivity index (χ3v) is 13.5. The van der Waals surface area contributed by atoms with Gasteiger partial charge in [0, 0.05) is 57.4 Å². The molecule has 5 aliphatic heterocycles. The number of aliphatic hydroxyl groups excluding tert-OH is 8. The van der Waals surface area contributed by atoms with Crippen molar-refractivity contribution in [2.75, 3.05) is 45.3 Å². The lowest BCUT2D eigenvalue weighted by Crippen LogP contribution is -2.68. The smallest absolute Gasteiger partial charge is 0.315 e. The summed E-state index contributed by atoms with van der Waals surface area (Å²) in [5.74, 6) is -0.667. The summed E-state index contributed by atoms with van der Waals surface area (Å²) in [7, 11) is 0. The minimum Gasteiger partial charge on any atom is -0.394 e. The molecule has 26 heteroatoms. The van der Waals surface area contributed by atoms with Crippen molar-refractivity contribution in [3.05, 3.63) is 0 Å². The maximum absolute atomic E-state index is 12.5. The van der Waals surface area contributed by atoms with Crippen LogP contribution in [0.25, 0.3) is 0 Å². The first-order chi connectivity index (χ1) is 31.5. The quantitative estimate of drug-likeness (QED) is 0.0317. The fraction of sp³-hybridized carbons (Fsp3) is 0.875. The van der Waals surface area contributed by atoms with Crippen LogP contribution in [0.4, 0.5) is 4.79 Å². The lowest BCUT2D eigenvalue weighted by molar-refractivity contribution is -0.349. The minimum absolute atomic E-state index is 0.00217. The Kier molecular flexibility index (Phi) is 21.3. The maximum Gasteiger partial charge on any atom is 0.315 e. The van der Waals surface area contributed by atoms with E-state index < -0.39 is 124 Å². The number of fused-ring (bicyclic) bond motifs is 1. The number of carbonyl (C=O) groups is 5. The Morgan fingerprint density at radius 2 is 1.24 bits per heavy atom. The molecule has 0 spiro atoms. The topological polar surface area (TPSA) is 375 Å². The molecule has 5 saturated heterocycles. The van der Waals surface area contributed by atoms with Crippen LogP contribution in [0.3, 0.4) is 0 Å². The zero-order valence-corrected chi connectivity index (χ0v) is 37.8. The van der Waals surface area contributed by atoms with E-state index in [9.17, 15) is 64.8 Å². The fourth-order valence-corrected chi connectivity index (χ4v) is 10.0. The molecular weight excluding hydrogens is 901 g/mol. The number of unbranched alkanes of at least 4 members (excludes halogenated alkanes) is 3. The summed E-state index contributed by atoms with van der Waals surface area (Å²) in [6, 6.07) is -2.49. The number of rotatable bonds is 24. The van der Waals surface area contributed by atoms with Gasteiger partial charge in [-0.1, -0.05) is 12.8 Å². The fourth-order valence-electron chi connectivity index (χ4n) is 8.50. The Morgan fingerprint density at radius 3 is 1.88 bits per heavy atom. The van der Waals surface area contributed by atoms with Crippen molar-refractivity contribution in [1.82, 2.24) is 31.9 Å². The molecule has 0 aromatic carbocycles. The number of hydrogen-bond donors (Lipinski definition) is 14. The minimum atomic E-state index is -1.90. The van der Waals surface area contributed by atoms with E-state index in [2.05, 4.69) is 31.9 Å². The van der Waals surface area contributed by atoms with Gasteiger partial charge >= 0.3 is 6.03 Å². The van der Waals surface area contributed by atoms with Crippen molar-refractivity contribution in [3.8, 4) is 0 Å². The van der Waals surface area contributed by atoms with Gasteiger partial charge in [-0.15, -0.1) is 0 Å². The number of hydrogen-bond acceptors (Lipinski definition) is 20. The van der Waals surface area contributed by atoms with Crippen LogP contribution in [0.15, 0.2) is 0 Å². The highest BCUT2D eigenvalue weighted by molar-refractivity contribution is 8.00. The second-order valence-electron chi connectivity index (χ2n) is 17.1. The van der Waals surface area contributed by atoms with Crippen LogP contribution in [0.1, 0.15) is 65.2 Å². The lowest BCUT2D eigenvalue weighted by Gasteiger charge is -2.48. The van der Waals surface area contributed by atoms with Crippen molar-refractivity contribution < 1.29 is 93.2 Å². The van der Waals surface area contributed by atoms with Crippen molar-refractivity contribution >= 4 is 41.4 Å². The monoisotopic (exact) mass is 968 g/mol. The second-order valence-corrected chi connectivity index (χ2v) is 18.3. The normalized spacial score (nSPS) is 37.6. The average molecular weight is 969 g/mol. The molecule has 5 heterocycles. The van der Waals surface area contributed by atoms with Gasteiger partial charge in [0.15, 0.2) is 18.9 Å². The molecule has 0 aromatic heterocycles. The van der Waals surface area contributed by atoms with Crippen molar-refractivity contribution in [2.45, 2.75) is 175 Å². The van der Waals surface area contributed by atoms with Gasteiger partial charge < -0.3 is 101 Å². The predicted molar refractivity (Wildman–Crippen MR) is 227 cm³/mol. The summed E-state index contributed by atoms with van der Waals surface area (Å²) >= 11 is 1.83. The number of amides is 6. The Balaban J connectivity index is 1.10. The zero-order chi connectivity index (χ0) is 48.1. The molecule has 25 nitrogen and oxygen atoms in total. The summed E-state index contributed by atoms with van der Waals surface area (Å²) in [5.41, 5.74) is 0. The molecule has 0 saturated carbocycles. The van der Waals surface area contributed by atoms with E-state index in [0.29, 0.717) is 37.4 Å². The second kappa shape index (κ2) is 26.1. The summed E-state index contributed by atoms with van der Waals surface area (Å²) in [5, 5.41) is 101. The molecule has 5 aliphatic rings. The third-order valence-electron chi connectivity index (χ3n) is 12.0. The average Bonchev–Trinajstić information content (AvgIpc) is 3.84. The van der Waals surface area contributed by atoms with Crippen LogP contribution in [0, 0.1) is 0 Å². The lowest BCUT2D eigenvalue weighted by atomic mass is 9.95. The number of carbonyl (C=O) groups excluding carboxylic acids is 5. The Morgan fingerprint density at radius 1 is 0.667 bits per heavy atom. The highest BCUT2D eigenvalue weighted by Gasteiger charge is 2.53. The summed E-state index contributed by atoms with van der Waals surface area (Å²) in [4.78, 5) is 60.8. The number of urea groups is 1. The Hall–Kier alpha value is -3.06. The molecule has 378 valence electrons. The largest absolute Gasteiger partial charge is 0.394 e. The van der Waals surface area contributed by atoms with Crippen LogP contribution < -0.4 is 31.9 Å². The Labute approximate surface area is 385 Å².